The standard InChI is InChI=1S/C14H26N4/c1-6-7-16-13-8-15-9-14(17-13)18(12(4)5)10-11(2)3/h8-9,11-12H,6-7,10H2,1-5H3,(H,16,17). The lowest BCUT2D eigenvalue weighted by atomic mass is 10.2. The molecule has 0 bridgehead atoms. The van der Waals surface area contributed by atoms with Crippen molar-refractivity contribution in [3.63, 3.8) is 0 Å². The van der Waals surface area contributed by atoms with E-state index in [1.807, 2.05) is 6.20 Å². The van der Waals surface area contributed by atoms with Gasteiger partial charge in [0.2, 0.25) is 0 Å². The van der Waals surface area contributed by atoms with E-state index in [0.717, 1.165) is 31.1 Å². The van der Waals surface area contributed by atoms with E-state index in [4.69, 9.17) is 0 Å². The third-order valence-electron chi connectivity index (χ3n) is 2.66. The second kappa shape index (κ2) is 7.19. The maximum absolute atomic E-state index is 4.64. The molecular weight excluding hydrogens is 224 g/mol. The minimum Gasteiger partial charge on any atom is -0.369 e. The van der Waals surface area contributed by atoms with Crippen LogP contribution in [-0.2, 0) is 0 Å². The van der Waals surface area contributed by atoms with Crippen LogP contribution in [-0.4, -0.2) is 29.1 Å². The van der Waals surface area contributed by atoms with Gasteiger partial charge in [-0.2, -0.15) is 0 Å². The second-order valence-electron chi connectivity index (χ2n) is 5.33. The van der Waals surface area contributed by atoms with Crippen LogP contribution in [0.5, 0.6) is 0 Å². The fourth-order valence-corrected chi connectivity index (χ4v) is 1.79. The molecule has 0 atom stereocenters. The maximum Gasteiger partial charge on any atom is 0.149 e. The van der Waals surface area contributed by atoms with Gasteiger partial charge in [0.15, 0.2) is 0 Å². The van der Waals surface area contributed by atoms with Gasteiger partial charge in [-0.1, -0.05) is 20.8 Å². The van der Waals surface area contributed by atoms with Crippen molar-refractivity contribution in [2.45, 2.75) is 47.1 Å². The van der Waals surface area contributed by atoms with Crippen molar-refractivity contribution < 1.29 is 0 Å². The first-order valence-electron chi connectivity index (χ1n) is 6.87. The summed E-state index contributed by atoms with van der Waals surface area (Å²) < 4.78 is 0. The fraction of sp³-hybridized carbons (Fsp3) is 0.714. The van der Waals surface area contributed by atoms with E-state index < -0.39 is 0 Å². The first-order chi connectivity index (χ1) is 8.54. The Bertz CT molecular complexity index is 349. The zero-order chi connectivity index (χ0) is 13.5. The van der Waals surface area contributed by atoms with Crippen molar-refractivity contribution in [2.75, 3.05) is 23.3 Å². The van der Waals surface area contributed by atoms with Gasteiger partial charge in [0.05, 0.1) is 12.4 Å². The van der Waals surface area contributed by atoms with Crippen molar-refractivity contribution in [3.05, 3.63) is 12.4 Å². The molecule has 1 aromatic heterocycles. The average Bonchev–Trinajstić information content (AvgIpc) is 2.33. The normalized spacial score (nSPS) is 11.1. The fourth-order valence-electron chi connectivity index (χ4n) is 1.79. The second-order valence-corrected chi connectivity index (χ2v) is 5.33. The third-order valence-corrected chi connectivity index (χ3v) is 2.66. The minimum atomic E-state index is 0.433. The van der Waals surface area contributed by atoms with Gasteiger partial charge in [-0.25, -0.2) is 4.98 Å². The Labute approximate surface area is 111 Å². The first-order valence-corrected chi connectivity index (χ1v) is 6.87. The van der Waals surface area contributed by atoms with Gasteiger partial charge in [0.25, 0.3) is 0 Å². The molecule has 0 radical (unpaired) electrons. The molecular formula is C14H26N4. The van der Waals surface area contributed by atoms with Gasteiger partial charge in [0, 0.05) is 19.1 Å². The molecule has 4 heteroatoms. The molecule has 1 aromatic rings. The van der Waals surface area contributed by atoms with Crippen LogP contribution in [0.3, 0.4) is 0 Å². The van der Waals surface area contributed by atoms with Gasteiger partial charge in [0.1, 0.15) is 11.6 Å². The summed E-state index contributed by atoms with van der Waals surface area (Å²) in [6.45, 7) is 12.9. The summed E-state index contributed by atoms with van der Waals surface area (Å²) in [4.78, 5) is 11.2. The molecule has 1 rings (SSSR count). The Hall–Kier alpha value is -1.32. The SMILES string of the molecule is CCCNc1cncc(N(CC(C)C)C(C)C)n1. The lowest BCUT2D eigenvalue weighted by Gasteiger charge is -2.29. The summed E-state index contributed by atoms with van der Waals surface area (Å²) in [5.41, 5.74) is 0. The average molecular weight is 250 g/mol. The predicted octanol–water partition coefficient (Wildman–Crippen LogP) is 3.17. The van der Waals surface area contributed by atoms with Crippen LogP contribution >= 0.6 is 0 Å². The van der Waals surface area contributed by atoms with Crippen molar-refractivity contribution in [2.24, 2.45) is 5.92 Å². The van der Waals surface area contributed by atoms with Crippen LogP contribution < -0.4 is 10.2 Å². The van der Waals surface area contributed by atoms with E-state index in [1.165, 1.54) is 0 Å². The van der Waals surface area contributed by atoms with Crippen LogP contribution in [0.15, 0.2) is 12.4 Å². The Kier molecular flexibility index (Phi) is 5.89. The zero-order valence-corrected chi connectivity index (χ0v) is 12.3. The highest BCUT2D eigenvalue weighted by molar-refractivity contribution is 5.44. The Morgan fingerprint density at radius 3 is 2.50 bits per heavy atom. The van der Waals surface area contributed by atoms with Gasteiger partial charge >= 0.3 is 0 Å². The van der Waals surface area contributed by atoms with E-state index >= 15 is 0 Å². The summed E-state index contributed by atoms with van der Waals surface area (Å²) in [6, 6.07) is 0.433. The highest BCUT2D eigenvalue weighted by Gasteiger charge is 2.14. The highest BCUT2D eigenvalue weighted by atomic mass is 15.2. The molecule has 1 N–H and O–H groups in total. The number of nitrogens with one attached hydrogen (secondary N) is 1. The molecule has 1 heterocycles. The maximum atomic E-state index is 4.64. The predicted molar refractivity (Wildman–Crippen MR) is 78.1 cm³/mol. The molecule has 0 saturated heterocycles. The number of nitrogens with zero attached hydrogens (tertiary/aromatic N) is 3. The Morgan fingerprint density at radius 2 is 1.94 bits per heavy atom. The molecule has 0 spiro atoms. The summed E-state index contributed by atoms with van der Waals surface area (Å²) in [5.74, 6) is 2.44. The Balaban J connectivity index is 2.83. The van der Waals surface area contributed by atoms with E-state index in [1.54, 1.807) is 6.20 Å². The smallest absolute Gasteiger partial charge is 0.149 e. The largest absolute Gasteiger partial charge is 0.369 e. The van der Waals surface area contributed by atoms with Crippen LogP contribution in [0.25, 0.3) is 0 Å². The summed E-state index contributed by atoms with van der Waals surface area (Å²) in [6.07, 6.45) is 4.72. The number of hydrogen-bond acceptors (Lipinski definition) is 4. The molecule has 102 valence electrons. The molecule has 0 unspecified atom stereocenters. The van der Waals surface area contributed by atoms with E-state index in [0.29, 0.717) is 12.0 Å². The molecule has 18 heavy (non-hydrogen) atoms. The van der Waals surface area contributed by atoms with Crippen LogP contribution in [0.4, 0.5) is 11.6 Å². The number of hydrogen-bond donors (Lipinski definition) is 1. The molecule has 0 aliphatic rings. The highest BCUT2D eigenvalue weighted by Crippen LogP contribution is 2.17. The van der Waals surface area contributed by atoms with Crippen molar-refractivity contribution in [3.8, 4) is 0 Å². The zero-order valence-electron chi connectivity index (χ0n) is 12.3. The lowest BCUT2D eigenvalue weighted by Crippen LogP contribution is -2.35. The number of rotatable bonds is 7. The molecule has 0 aliphatic carbocycles. The molecule has 0 amide bonds. The minimum absolute atomic E-state index is 0.433. The van der Waals surface area contributed by atoms with Crippen LogP contribution in [0.1, 0.15) is 41.0 Å². The summed E-state index contributed by atoms with van der Waals surface area (Å²) in [7, 11) is 0. The molecule has 0 fully saturated rings. The van der Waals surface area contributed by atoms with Crippen molar-refractivity contribution >= 4 is 11.6 Å². The quantitative estimate of drug-likeness (QED) is 0.807. The molecule has 0 saturated carbocycles. The number of aromatic nitrogens is 2. The molecule has 4 nitrogen and oxygen atoms in total. The first kappa shape index (κ1) is 14.7. The lowest BCUT2D eigenvalue weighted by molar-refractivity contribution is 0.565. The summed E-state index contributed by atoms with van der Waals surface area (Å²) in [5, 5.41) is 3.28. The monoisotopic (exact) mass is 250 g/mol. The van der Waals surface area contributed by atoms with Gasteiger partial charge in [-0.15, -0.1) is 0 Å². The third kappa shape index (κ3) is 4.51. The van der Waals surface area contributed by atoms with Crippen LogP contribution in [0.2, 0.25) is 0 Å². The van der Waals surface area contributed by atoms with E-state index in [9.17, 15) is 0 Å². The molecule has 0 aromatic carbocycles. The Morgan fingerprint density at radius 1 is 1.22 bits per heavy atom. The van der Waals surface area contributed by atoms with Gasteiger partial charge in [-0.3, -0.25) is 4.98 Å². The molecule has 0 aliphatic heterocycles. The van der Waals surface area contributed by atoms with Gasteiger partial charge in [-0.05, 0) is 26.2 Å². The van der Waals surface area contributed by atoms with Gasteiger partial charge < -0.3 is 10.2 Å². The number of anilines is 2. The summed E-state index contributed by atoms with van der Waals surface area (Å²) >= 11 is 0. The van der Waals surface area contributed by atoms with E-state index in [2.05, 4.69) is 54.8 Å². The van der Waals surface area contributed by atoms with Crippen molar-refractivity contribution in [1.82, 2.24) is 9.97 Å². The van der Waals surface area contributed by atoms with Crippen molar-refractivity contribution in [1.29, 1.82) is 0 Å². The van der Waals surface area contributed by atoms with E-state index in [-0.39, 0.29) is 0 Å². The van der Waals surface area contributed by atoms with Crippen LogP contribution in [0, 0.1) is 5.92 Å². The topological polar surface area (TPSA) is 41.1 Å².